The molecule has 0 aromatic heterocycles. The molecule has 1 aliphatic heterocycles. The molecule has 1 N–H and O–H groups in total. The second-order valence-electron chi connectivity index (χ2n) is 5.25. The normalized spacial score (nSPS) is 18.5. The molecule has 0 radical (unpaired) electrons. The van der Waals surface area contributed by atoms with E-state index >= 15 is 0 Å². The Balaban J connectivity index is 1.93. The Morgan fingerprint density at radius 2 is 2.24 bits per heavy atom. The number of esters is 1. The van der Waals surface area contributed by atoms with Gasteiger partial charge < -0.3 is 10.1 Å². The second kappa shape index (κ2) is 7.22. The zero-order valence-electron chi connectivity index (χ0n) is 12.6. The largest absolute Gasteiger partial charge is 0.468 e. The number of rotatable bonds is 5. The number of hydrogen-bond donors (Lipinski definition) is 1. The van der Waals surface area contributed by atoms with E-state index in [0.29, 0.717) is 0 Å². The Bertz CT molecular complexity index is 516. The summed E-state index contributed by atoms with van der Waals surface area (Å²) < 4.78 is 4.78. The van der Waals surface area contributed by atoms with Crippen LogP contribution in [0.3, 0.4) is 0 Å². The monoisotopic (exact) mass is 290 g/mol. The van der Waals surface area contributed by atoms with Gasteiger partial charge in [-0.3, -0.25) is 14.5 Å². The summed E-state index contributed by atoms with van der Waals surface area (Å²) in [6.07, 6.45) is 2.60. The first-order valence-corrected chi connectivity index (χ1v) is 7.34. The SMILES string of the molecule is CCc1cccc(NC(=O)CN2CCCC2C(=O)OC)c1. The predicted molar refractivity (Wildman–Crippen MR) is 81.1 cm³/mol. The summed E-state index contributed by atoms with van der Waals surface area (Å²) >= 11 is 0. The predicted octanol–water partition coefficient (Wildman–Crippen LogP) is 1.82. The van der Waals surface area contributed by atoms with E-state index in [0.717, 1.165) is 31.5 Å². The number of hydrogen-bond acceptors (Lipinski definition) is 4. The van der Waals surface area contributed by atoms with Crippen molar-refractivity contribution < 1.29 is 14.3 Å². The maximum atomic E-state index is 12.1. The van der Waals surface area contributed by atoms with Gasteiger partial charge in [0, 0.05) is 5.69 Å². The highest BCUT2D eigenvalue weighted by molar-refractivity contribution is 5.92. The number of carbonyl (C=O) groups is 2. The van der Waals surface area contributed by atoms with Crippen molar-refractivity contribution in [3.05, 3.63) is 29.8 Å². The molecule has 0 spiro atoms. The molecule has 0 bridgehead atoms. The number of likely N-dealkylation sites (tertiary alicyclic amines) is 1. The number of amides is 1. The Hall–Kier alpha value is -1.88. The van der Waals surface area contributed by atoms with E-state index < -0.39 is 0 Å². The topological polar surface area (TPSA) is 58.6 Å². The molecular formula is C16H22N2O3. The summed E-state index contributed by atoms with van der Waals surface area (Å²) in [5, 5.41) is 2.89. The molecule has 5 nitrogen and oxygen atoms in total. The number of carbonyl (C=O) groups excluding carboxylic acids is 2. The highest BCUT2D eigenvalue weighted by atomic mass is 16.5. The first-order chi connectivity index (χ1) is 10.1. The van der Waals surface area contributed by atoms with Crippen molar-refractivity contribution in [3.8, 4) is 0 Å². The van der Waals surface area contributed by atoms with Crippen LogP contribution in [0.2, 0.25) is 0 Å². The van der Waals surface area contributed by atoms with Gasteiger partial charge in [0.25, 0.3) is 0 Å². The standard InChI is InChI=1S/C16H22N2O3/c1-3-12-6-4-7-13(10-12)17-15(19)11-18-9-5-8-14(18)16(20)21-2/h4,6-7,10,14H,3,5,8-9,11H2,1-2H3,(H,17,19). The molecule has 114 valence electrons. The van der Waals surface area contributed by atoms with E-state index in [-0.39, 0.29) is 24.5 Å². The lowest BCUT2D eigenvalue weighted by molar-refractivity contribution is -0.146. The first-order valence-electron chi connectivity index (χ1n) is 7.34. The number of anilines is 1. The van der Waals surface area contributed by atoms with E-state index in [2.05, 4.69) is 12.2 Å². The van der Waals surface area contributed by atoms with E-state index in [1.165, 1.54) is 12.7 Å². The molecule has 1 aromatic carbocycles. The van der Waals surface area contributed by atoms with Crippen LogP contribution in [0.25, 0.3) is 0 Å². The lowest BCUT2D eigenvalue weighted by Gasteiger charge is -2.21. The number of nitrogens with zero attached hydrogens (tertiary/aromatic N) is 1. The van der Waals surface area contributed by atoms with Crippen molar-refractivity contribution in [1.29, 1.82) is 0 Å². The third-order valence-electron chi connectivity index (χ3n) is 3.80. The van der Waals surface area contributed by atoms with E-state index in [1.54, 1.807) is 0 Å². The van der Waals surface area contributed by atoms with Crippen molar-refractivity contribution in [2.24, 2.45) is 0 Å². The lowest BCUT2D eigenvalue weighted by atomic mass is 10.1. The minimum atomic E-state index is -0.289. The molecule has 1 heterocycles. The van der Waals surface area contributed by atoms with Gasteiger partial charge in [-0.2, -0.15) is 0 Å². The van der Waals surface area contributed by atoms with Gasteiger partial charge >= 0.3 is 5.97 Å². The van der Waals surface area contributed by atoms with Gasteiger partial charge in [-0.25, -0.2) is 0 Å². The highest BCUT2D eigenvalue weighted by Crippen LogP contribution is 2.18. The average molecular weight is 290 g/mol. The van der Waals surface area contributed by atoms with Crippen molar-refractivity contribution in [2.75, 3.05) is 25.5 Å². The Kier molecular flexibility index (Phi) is 5.33. The molecule has 21 heavy (non-hydrogen) atoms. The lowest BCUT2D eigenvalue weighted by Crippen LogP contribution is -2.41. The molecular weight excluding hydrogens is 268 g/mol. The number of ether oxygens (including phenoxy) is 1. The third-order valence-corrected chi connectivity index (χ3v) is 3.80. The minimum Gasteiger partial charge on any atom is -0.468 e. The molecule has 1 aliphatic rings. The molecule has 0 aliphatic carbocycles. The number of nitrogens with one attached hydrogen (secondary N) is 1. The van der Waals surface area contributed by atoms with Crippen LogP contribution in [-0.2, 0) is 20.7 Å². The average Bonchev–Trinajstić information content (AvgIpc) is 2.94. The van der Waals surface area contributed by atoms with Gasteiger partial charge in [0.15, 0.2) is 0 Å². The van der Waals surface area contributed by atoms with Gasteiger partial charge in [0.2, 0.25) is 5.91 Å². The molecule has 2 rings (SSSR count). The van der Waals surface area contributed by atoms with E-state index in [9.17, 15) is 9.59 Å². The summed E-state index contributed by atoms with van der Waals surface area (Å²) in [5.74, 6) is -0.354. The van der Waals surface area contributed by atoms with Crippen molar-refractivity contribution in [1.82, 2.24) is 4.90 Å². The molecule has 0 saturated carbocycles. The van der Waals surface area contributed by atoms with Crippen LogP contribution in [0, 0.1) is 0 Å². The van der Waals surface area contributed by atoms with Crippen LogP contribution in [0.4, 0.5) is 5.69 Å². The number of aryl methyl sites for hydroxylation is 1. The number of benzene rings is 1. The van der Waals surface area contributed by atoms with Gasteiger partial charge in [-0.15, -0.1) is 0 Å². The summed E-state index contributed by atoms with van der Waals surface area (Å²) in [7, 11) is 1.38. The molecule has 1 atom stereocenters. The summed E-state index contributed by atoms with van der Waals surface area (Å²) in [5.41, 5.74) is 1.98. The molecule has 1 aromatic rings. The maximum Gasteiger partial charge on any atom is 0.323 e. The maximum absolute atomic E-state index is 12.1. The van der Waals surface area contributed by atoms with Crippen molar-refractivity contribution in [3.63, 3.8) is 0 Å². The van der Waals surface area contributed by atoms with Gasteiger partial charge in [0.1, 0.15) is 6.04 Å². The quantitative estimate of drug-likeness (QED) is 0.841. The van der Waals surface area contributed by atoms with Crippen LogP contribution < -0.4 is 5.32 Å². The molecule has 1 fully saturated rings. The van der Waals surface area contributed by atoms with Gasteiger partial charge in [0.05, 0.1) is 13.7 Å². The minimum absolute atomic E-state index is 0.0981. The van der Waals surface area contributed by atoms with E-state index in [1.807, 2.05) is 29.2 Å². The molecule has 1 amide bonds. The fourth-order valence-electron chi connectivity index (χ4n) is 2.67. The molecule has 5 heteroatoms. The summed E-state index contributed by atoms with van der Waals surface area (Å²) in [6, 6.07) is 7.52. The Labute approximate surface area is 125 Å². The molecule has 1 saturated heterocycles. The van der Waals surface area contributed by atoms with Crippen LogP contribution in [0.5, 0.6) is 0 Å². The first kappa shape index (κ1) is 15.5. The summed E-state index contributed by atoms with van der Waals surface area (Å²) in [4.78, 5) is 25.7. The van der Waals surface area contributed by atoms with Crippen molar-refractivity contribution in [2.45, 2.75) is 32.2 Å². The third kappa shape index (κ3) is 4.04. The second-order valence-corrected chi connectivity index (χ2v) is 5.25. The number of methoxy groups -OCH3 is 1. The van der Waals surface area contributed by atoms with Gasteiger partial charge in [-0.05, 0) is 43.5 Å². The molecule has 1 unspecified atom stereocenters. The smallest absolute Gasteiger partial charge is 0.323 e. The van der Waals surface area contributed by atoms with Gasteiger partial charge in [-0.1, -0.05) is 19.1 Å². The van der Waals surface area contributed by atoms with Crippen LogP contribution in [0.15, 0.2) is 24.3 Å². The van der Waals surface area contributed by atoms with Crippen LogP contribution >= 0.6 is 0 Å². The van der Waals surface area contributed by atoms with Crippen LogP contribution in [-0.4, -0.2) is 43.0 Å². The Morgan fingerprint density at radius 1 is 1.43 bits per heavy atom. The zero-order valence-corrected chi connectivity index (χ0v) is 12.6. The van der Waals surface area contributed by atoms with Crippen molar-refractivity contribution >= 4 is 17.6 Å². The zero-order chi connectivity index (χ0) is 15.2. The fraction of sp³-hybridized carbons (Fsp3) is 0.500. The Morgan fingerprint density at radius 3 is 2.95 bits per heavy atom. The fourth-order valence-corrected chi connectivity index (χ4v) is 2.67. The summed E-state index contributed by atoms with van der Waals surface area (Å²) in [6.45, 7) is 3.05. The van der Waals surface area contributed by atoms with Crippen LogP contribution in [0.1, 0.15) is 25.3 Å². The van der Waals surface area contributed by atoms with E-state index in [4.69, 9.17) is 4.74 Å². The highest BCUT2D eigenvalue weighted by Gasteiger charge is 2.32.